The topological polar surface area (TPSA) is 55.1 Å². The number of hydrogen-bond acceptors (Lipinski definition) is 2. The Morgan fingerprint density at radius 2 is 1.94 bits per heavy atom. The Morgan fingerprint density at radius 3 is 2.50 bits per heavy atom. The van der Waals surface area contributed by atoms with Crippen LogP contribution in [-0.4, -0.2) is 5.91 Å². The molecule has 0 saturated heterocycles. The van der Waals surface area contributed by atoms with Gasteiger partial charge >= 0.3 is 0 Å². The maximum atomic E-state index is 12.1. The normalized spacial score (nSPS) is 10.7. The first-order chi connectivity index (χ1) is 8.71. The van der Waals surface area contributed by atoms with Crippen molar-refractivity contribution in [2.24, 2.45) is 11.7 Å². The van der Waals surface area contributed by atoms with E-state index in [4.69, 9.17) is 5.73 Å². The Balaban J connectivity index is 2.66. The minimum absolute atomic E-state index is 0.126. The van der Waals surface area contributed by atoms with E-state index < -0.39 is 0 Å². The minimum atomic E-state index is 0.126. The molecule has 0 radical (unpaired) electrons. The third-order valence-electron chi connectivity index (χ3n) is 3.08. The first kappa shape index (κ1) is 14.7. The molecule has 1 aromatic rings. The van der Waals surface area contributed by atoms with Crippen LogP contribution < -0.4 is 11.1 Å². The SMILES string of the molecule is CCCC(CCC)C(=O)Nc1cccc(CN)c1. The molecule has 0 unspecified atom stereocenters. The number of carbonyl (C=O) groups excluding carboxylic acids is 1. The fraction of sp³-hybridized carbons (Fsp3) is 0.533. The fourth-order valence-corrected chi connectivity index (χ4v) is 2.12. The summed E-state index contributed by atoms with van der Waals surface area (Å²) in [6, 6.07) is 7.73. The molecule has 0 heterocycles. The predicted molar refractivity (Wildman–Crippen MR) is 76.3 cm³/mol. The molecule has 1 rings (SSSR count). The summed E-state index contributed by atoms with van der Waals surface area (Å²) >= 11 is 0. The number of carbonyl (C=O) groups is 1. The Hall–Kier alpha value is -1.35. The van der Waals surface area contributed by atoms with E-state index in [1.54, 1.807) is 0 Å². The van der Waals surface area contributed by atoms with Crippen molar-refractivity contribution in [3.63, 3.8) is 0 Å². The summed E-state index contributed by atoms with van der Waals surface area (Å²) in [5.74, 6) is 0.259. The third-order valence-corrected chi connectivity index (χ3v) is 3.08. The fourth-order valence-electron chi connectivity index (χ4n) is 2.12. The van der Waals surface area contributed by atoms with Crippen molar-refractivity contribution in [3.05, 3.63) is 29.8 Å². The standard InChI is InChI=1S/C15H24N2O/c1-3-6-13(7-4-2)15(18)17-14-9-5-8-12(10-14)11-16/h5,8-10,13H,3-4,6-7,11,16H2,1-2H3,(H,17,18). The molecule has 0 aromatic heterocycles. The molecule has 3 N–H and O–H groups in total. The number of benzene rings is 1. The summed E-state index contributed by atoms with van der Waals surface area (Å²) in [4.78, 5) is 12.1. The van der Waals surface area contributed by atoms with Gasteiger partial charge in [0.15, 0.2) is 0 Å². The molecule has 1 aromatic carbocycles. The highest BCUT2D eigenvalue weighted by Crippen LogP contribution is 2.17. The minimum Gasteiger partial charge on any atom is -0.326 e. The Kier molecular flexibility index (Phi) is 6.44. The van der Waals surface area contributed by atoms with Crippen molar-refractivity contribution in [2.75, 3.05) is 5.32 Å². The lowest BCUT2D eigenvalue weighted by molar-refractivity contribution is -0.120. The predicted octanol–water partition coefficient (Wildman–Crippen LogP) is 3.30. The molecule has 100 valence electrons. The second-order valence-electron chi connectivity index (χ2n) is 4.67. The summed E-state index contributed by atoms with van der Waals surface area (Å²) in [5.41, 5.74) is 7.48. The zero-order valence-corrected chi connectivity index (χ0v) is 11.4. The van der Waals surface area contributed by atoms with Crippen LogP contribution >= 0.6 is 0 Å². The van der Waals surface area contributed by atoms with E-state index in [9.17, 15) is 4.79 Å². The summed E-state index contributed by atoms with van der Waals surface area (Å²) < 4.78 is 0. The van der Waals surface area contributed by atoms with Crippen molar-refractivity contribution in [1.29, 1.82) is 0 Å². The maximum Gasteiger partial charge on any atom is 0.227 e. The summed E-state index contributed by atoms with van der Waals surface area (Å²) in [6.07, 6.45) is 3.99. The van der Waals surface area contributed by atoms with E-state index in [0.717, 1.165) is 36.9 Å². The van der Waals surface area contributed by atoms with Crippen LogP contribution in [0.2, 0.25) is 0 Å². The van der Waals surface area contributed by atoms with Gasteiger partial charge in [-0.3, -0.25) is 4.79 Å². The average Bonchev–Trinajstić information content (AvgIpc) is 2.38. The second-order valence-corrected chi connectivity index (χ2v) is 4.67. The summed E-state index contributed by atoms with van der Waals surface area (Å²) in [6.45, 7) is 4.73. The Bertz CT molecular complexity index is 371. The molecule has 1 amide bonds. The first-order valence-electron chi connectivity index (χ1n) is 6.81. The van der Waals surface area contributed by atoms with Crippen LogP contribution in [0.3, 0.4) is 0 Å². The van der Waals surface area contributed by atoms with Gasteiger partial charge in [0, 0.05) is 18.2 Å². The van der Waals surface area contributed by atoms with Crippen LogP contribution in [0.5, 0.6) is 0 Å². The molecule has 3 nitrogen and oxygen atoms in total. The summed E-state index contributed by atoms with van der Waals surface area (Å²) in [5, 5.41) is 2.99. The van der Waals surface area contributed by atoms with Gasteiger partial charge in [-0.1, -0.05) is 38.8 Å². The zero-order valence-electron chi connectivity index (χ0n) is 11.4. The van der Waals surface area contributed by atoms with Gasteiger partial charge in [-0.05, 0) is 30.5 Å². The maximum absolute atomic E-state index is 12.1. The Labute approximate surface area is 110 Å². The van der Waals surface area contributed by atoms with Crippen LogP contribution in [0.25, 0.3) is 0 Å². The van der Waals surface area contributed by atoms with Crippen LogP contribution in [0, 0.1) is 5.92 Å². The first-order valence-corrected chi connectivity index (χ1v) is 6.81. The third kappa shape index (κ3) is 4.49. The second kappa shape index (κ2) is 7.88. The van der Waals surface area contributed by atoms with E-state index in [-0.39, 0.29) is 11.8 Å². The van der Waals surface area contributed by atoms with E-state index in [2.05, 4.69) is 19.2 Å². The van der Waals surface area contributed by atoms with Crippen LogP contribution in [0.1, 0.15) is 45.1 Å². The monoisotopic (exact) mass is 248 g/mol. The number of nitrogens with one attached hydrogen (secondary N) is 1. The highest BCUT2D eigenvalue weighted by atomic mass is 16.1. The van der Waals surface area contributed by atoms with E-state index in [1.165, 1.54) is 0 Å². The molecule has 18 heavy (non-hydrogen) atoms. The quantitative estimate of drug-likeness (QED) is 0.778. The lowest BCUT2D eigenvalue weighted by Gasteiger charge is -2.15. The lowest BCUT2D eigenvalue weighted by atomic mass is 9.97. The smallest absolute Gasteiger partial charge is 0.227 e. The van der Waals surface area contributed by atoms with Crippen molar-refractivity contribution in [3.8, 4) is 0 Å². The van der Waals surface area contributed by atoms with E-state index in [1.807, 2.05) is 24.3 Å². The number of hydrogen-bond donors (Lipinski definition) is 2. The van der Waals surface area contributed by atoms with Crippen LogP contribution in [0.15, 0.2) is 24.3 Å². The van der Waals surface area contributed by atoms with Gasteiger partial charge in [0.1, 0.15) is 0 Å². The highest BCUT2D eigenvalue weighted by molar-refractivity contribution is 5.92. The van der Waals surface area contributed by atoms with Crippen molar-refractivity contribution in [2.45, 2.75) is 46.1 Å². The van der Waals surface area contributed by atoms with Crippen LogP contribution in [-0.2, 0) is 11.3 Å². The molecule has 0 bridgehead atoms. The van der Waals surface area contributed by atoms with E-state index >= 15 is 0 Å². The Morgan fingerprint density at radius 1 is 1.28 bits per heavy atom. The lowest BCUT2D eigenvalue weighted by Crippen LogP contribution is -2.22. The molecular weight excluding hydrogens is 224 g/mol. The van der Waals surface area contributed by atoms with Gasteiger partial charge in [-0.2, -0.15) is 0 Å². The molecule has 0 fully saturated rings. The molecule has 0 aliphatic rings. The molecule has 0 aliphatic carbocycles. The molecule has 0 aliphatic heterocycles. The van der Waals surface area contributed by atoms with Gasteiger partial charge in [0.05, 0.1) is 0 Å². The summed E-state index contributed by atoms with van der Waals surface area (Å²) in [7, 11) is 0. The molecule has 0 saturated carbocycles. The molecular formula is C15H24N2O. The van der Waals surface area contributed by atoms with Crippen molar-refractivity contribution in [1.82, 2.24) is 0 Å². The number of nitrogens with two attached hydrogens (primary N) is 1. The van der Waals surface area contributed by atoms with E-state index in [0.29, 0.717) is 6.54 Å². The van der Waals surface area contributed by atoms with Crippen molar-refractivity contribution >= 4 is 11.6 Å². The number of amides is 1. The van der Waals surface area contributed by atoms with Crippen molar-refractivity contribution < 1.29 is 4.79 Å². The highest BCUT2D eigenvalue weighted by Gasteiger charge is 2.16. The van der Waals surface area contributed by atoms with Gasteiger partial charge < -0.3 is 11.1 Å². The largest absolute Gasteiger partial charge is 0.326 e. The number of anilines is 1. The number of rotatable bonds is 7. The molecule has 0 spiro atoms. The molecule has 0 atom stereocenters. The van der Waals surface area contributed by atoms with Gasteiger partial charge in [-0.25, -0.2) is 0 Å². The van der Waals surface area contributed by atoms with Gasteiger partial charge in [0.2, 0.25) is 5.91 Å². The van der Waals surface area contributed by atoms with Gasteiger partial charge in [-0.15, -0.1) is 0 Å². The zero-order chi connectivity index (χ0) is 13.4. The average molecular weight is 248 g/mol. The van der Waals surface area contributed by atoms with Crippen LogP contribution in [0.4, 0.5) is 5.69 Å². The molecule has 3 heteroatoms. The van der Waals surface area contributed by atoms with Gasteiger partial charge in [0.25, 0.3) is 0 Å².